The minimum absolute atomic E-state index is 0.0386. The molecule has 0 aliphatic carbocycles. The fourth-order valence-corrected chi connectivity index (χ4v) is 4.87. The van der Waals surface area contributed by atoms with Crippen LogP contribution in [-0.4, -0.2) is 25.1 Å². The van der Waals surface area contributed by atoms with Crippen molar-refractivity contribution in [1.82, 2.24) is 10.6 Å². The van der Waals surface area contributed by atoms with Crippen LogP contribution in [0.5, 0.6) is 0 Å². The summed E-state index contributed by atoms with van der Waals surface area (Å²) in [6.07, 6.45) is -7.58. The van der Waals surface area contributed by atoms with E-state index >= 15 is 0 Å². The third kappa shape index (κ3) is 5.22. The second kappa shape index (κ2) is 9.22. The molecule has 184 valence electrons. The fraction of sp³-hybridized carbons (Fsp3) is 0.458. The Morgan fingerprint density at radius 1 is 0.971 bits per heavy atom. The first-order valence-corrected chi connectivity index (χ1v) is 10.9. The first kappa shape index (κ1) is 24.5. The van der Waals surface area contributed by atoms with Gasteiger partial charge >= 0.3 is 12.4 Å². The minimum atomic E-state index is -4.93. The molecule has 2 N–H and O–H groups in total. The average Bonchev–Trinajstić information content (AvgIpc) is 2.78. The summed E-state index contributed by atoms with van der Waals surface area (Å²) in [7, 11) is 0. The summed E-state index contributed by atoms with van der Waals surface area (Å²) in [5, 5.41) is 6.23. The van der Waals surface area contributed by atoms with E-state index in [1.165, 1.54) is 0 Å². The number of amides is 1. The number of rotatable bonds is 5. The molecule has 3 atom stereocenters. The molecule has 10 heteroatoms. The van der Waals surface area contributed by atoms with Crippen molar-refractivity contribution in [3.8, 4) is 0 Å². The van der Waals surface area contributed by atoms with Crippen LogP contribution < -0.4 is 10.6 Å². The quantitative estimate of drug-likeness (QED) is 0.584. The van der Waals surface area contributed by atoms with Gasteiger partial charge in [-0.15, -0.1) is 0 Å². The van der Waals surface area contributed by atoms with Gasteiger partial charge in [-0.1, -0.05) is 30.3 Å². The van der Waals surface area contributed by atoms with Crippen LogP contribution in [0.3, 0.4) is 0 Å². The van der Waals surface area contributed by atoms with Crippen LogP contribution in [0, 0.1) is 5.92 Å². The summed E-state index contributed by atoms with van der Waals surface area (Å²) >= 11 is 0. The SMILES string of the molecule is O=C1N[C@](COCc2cc(C(F)(F)F)cc(C(F)(F)F)c2)(c2ccccc2)C[C@H]2CCCN[C@@H]12. The van der Waals surface area contributed by atoms with Gasteiger partial charge in [-0.2, -0.15) is 26.3 Å². The van der Waals surface area contributed by atoms with Gasteiger partial charge in [-0.05, 0) is 61.1 Å². The molecule has 2 heterocycles. The summed E-state index contributed by atoms with van der Waals surface area (Å²) in [6, 6.07) is 10.1. The molecule has 0 bridgehead atoms. The third-order valence-corrected chi connectivity index (χ3v) is 6.43. The lowest BCUT2D eigenvalue weighted by molar-refractivity contribution is -0.143. The van der Waals surface area contributed by atoms with Crippen molar-refractivity contribution < 1.29 is 35.9 Å². The molecule has 0 radical (unpaired) electrons. The van der Waals surface area contributed by atoms with Gasteiger partial charge in [-0.3, -0.25) is 4.79 Å². The Morgan fingerprint density at radius 3 is 2.24 bits per heavy atom. The Labute approximate surface area is 192 Å². The summed E-state index contributed by atoms with van der Waals surface area (Å²) in [5.41, 5.74) is -3.19. The van der Waals surface area contributed by atoms with Gasteiger partial charge in [0.05, 0.1) is 35.9 Å². The van der Waals surface area contributed by atoms with Crippen molar-refractivity contribution in [3.63, 3.8) is 0 Å². The lowest BCUT2D eigenvalue weighted by atomic mass is 9.72. The normalized spacial score (nSPS) is 25.5. The first-order chi connectivity index (χ1) is 16.0. The molecule has 2 fully saturated rings. The van der Waals surface area contributed by atoms with Crippen molar-refractivity contribution in [3.05, 3.63) is 70.8 Å². The third-order valence-electron chi connectivity index (χ3n) is 6.43. The van der Waals surface area contributed by atoms with Crippen molar-refractivity contribution >= 4 is 5.91 Å². The molecule has 1 amide bonds. The summed E-state index contributed by atoms with van der Waals surface area (Å²) in [4.78, 5) is 12.9. The summed E-state index contributed by atoms with van der Waals surface area (Å²) in [6.45, 7) is 0.174. The molecule has 2 saturated heterocycles. The minimum Gasteiger partial charge on any atom is -0.374 e. The van der Waals surface area contributed by atoms with Crippen LogP contribution in [0.25, 0.3) is 0 Å². The molecular weight excluding hydrogens is 462 g/mol. The number of benzene rings is 2. The molecule has 4 nitrogen and oxygen atoms in total. The van der Waals surface area contributed by atoms with Crippen molar-refractivity contribution in [2.75, 3.05) is 13.2 Å². The molecule has 0 saturated carbocycles. The smallest absolute Gasteiger partial charge is 0.374 e. The van der Waals surface area contributed by atoms with Crippen LogP contribution in [0.4, 0.5) is 26.3 Å². The second-order valence-corrected chi connectivity index (χ2v) is 8.88. The Morgan fingerprint density at radius 2 is 1.62 bits per heavy atom. The molecule has 2 aromatic carbocycles. The average molecular weight is 486 g/mol. The van der Waals surface area contributed by atoms with E-state index in [0.29, 0.717) is 18.6 Å². The number of hydrogen-bond acceptors (Lipinski definition) is 3. The highest BCUT2D eigenvalue weighted by Gasteiger charge is 2.47. The monoisotopic (exact) mass is 486 g/mol. The molecule has 0 spiro atoms. The number of alkyl halides is 6. The van der Waals surface area contributed by atoms with E-state index < -0.39 is 35.6 Å². The summed E-state index contributed by atoms with van der Waals surface area (Å²) < 4.78 is 84.7. The van der Waals surface area contributed by atoms with E-state index in [-0.39, 0.29) is 36.1 Å². The zero-order chi connectivity index (χ0) is 24.6. The van der Waals surface area contributed by atoms with E-state index in [1.54, 1.807) is 12.1 Å². The number of carbonyl (C=O) groups excluding carboxylic acids is 1. The number of hydrogen-bond donors (Lipinski definition) is 2. The zero-order valence-electron chi connectivity index (χ0n) is 18.1. The van der Waals surface area contributed by atoms with Gasteiger partial charge in [0.2, 0.25) is 5.91 Å². The number of nitrogens with one attached hydrogen (secondary N) is 2. The number of halogens is 6. The lowest BCUT2D eigenvalue weighted by Crippen LogP contribution is -2.64. The van der Waals surface area contributed by atoms with Crippen LogP contribution >= 0.6 is 0 Å². The molecule has 2 aliphatic heterocycles. The van der Waals surface area contributed by atoms with Crippen molar-refractivity contribution in [2.45, 2.75) is 49.8 Å². The predicted octanol–water partition coefficient (Wildman–Crippen LogP) is 5.02. The molecular formula is C24H24F6N2O2. The summed E-state index contributed by atoms with van der Waals surface area (Å²) in [5.74, 6) is -0.154. The van der Waals surface area contributed by atoms with Gasteiger partial charge in [0.25, 0.3) is 0 Å². The molecule has 2 aromatic rings. The van der Waals surface area contributed by atoms with Crippen LogP contribution in [0.2, 0.25) is 0 Å². The zero-order valence-corrected chi connectivity index (χ0v) is 18.1. The van der Waals surface area contributed by atoms with Gasteiger partial charge in [0.1, 0.15) is 0 Å². The maximum absolute atomic E-state index is 13.2. The number of ether oxygens (including phenoxy) is 1. The van der Waals surface area contributed by atoms with Gasteiger partial charge in [0.15, 0.2) is 0 Å². The number of fused-ring (bicyclic) bond motifs is 1. The highest BCUT2D eigenvalue weighted by Crippen LogP contribution is 2.39. The Bertz CT molecular complexity index is 992. The van der Waals surface area contributed by atoms with E-state index in [1.807, 2.05) is 18.2 Å². The number of piperidine rings is 2. The van der Waals surface area contributed by atoms with Crippen molar-refractivity contribution in [2.24, 2.45) is 5.92 Å². The second-order valence-electron chi connectivity index (χ2n) is 8.88. The maximum Gasteiger partial charge on any atom is 0.416 e. The van der Waals surface area contributed by atoms with Gasteiger partial charge in [0, 0.05) is 0 Å². The lowest BCUT2D eigenvalue weighted by Gasteiger charge is -2.47. The fourth-order valence-electron chi connectivity index (χ4n) is 4.87. The largest absolute Gasteiger partial charge is 0.416 e. The topological polar surface area (TPSA) is 50.4 Å². The Hall–Kier alpha value is -2.59. The molecule has 0 aromatic heterocycles. The van der Waals surface area contributed by atoms with Crippen LogP contribution in [0.15, 0.2) is 48.5 Å². The standard InChI is InChI=1S/C24H24F6N2O2/c25-23(26,27)18-9-15(10-19(11-18)24(28,29)30)13-34-14-22(17-6-2-1-3-7-17)12-16-5-4-8-31-20(16)21(33)32-22/h1-3,6-7,9-11,16,20,31H,4-5,8,12-14H2,(H,32,33)/t16-,20-,22-/m1/s1. The Balaban J connectivity index is 1.58. The molecule has 4 rings (SSSR count). The molecule has 34 heavy (non-hydrogen) atoms. The van der Waals surface area contributed by atoms with Crippen LogP contribution in [0.1, 0.15) is 41.5 Å². The molecule has 0 unspecified atom stereocenters. The van der Waals surface area contributed by atoms with Crippen LogP contribution in [-0.2, 0) is 34.0 Å². The van der Waals surface area contributed by atoms with Gasteiger partial charge < -0.3 is 15.4 Å². The van der Waals surface area contributed by atoms with Crippen molar-refractivity contribution in [1.29, 1.82) is 0 Å². The van der Waals surface area contributed by atoms with E-state index in [2.05, 4.69) is 10.6 Å². The van der Waals surface area contributed by atoms with E-state index in [9.17, 15) is 31.1 Å². The van der Waals surface area contributed by atoms with E-state index in [4.69, 9.17) is 4.74 Å². The highest BCUT2D eigenvalue weighted by atomic mass is 19.4. The molecule has 2 aliphatic rings. The number of carbonyl (C=O) groups is 1. The van der Waals surface area contributed by atoms with E-state index in [0.717, 1.165) is 24.9 Å². The predicted molar refractivity (Wildman–Crippen MR) is 111 cm³/mol. The maximum atomic E-state index is 13.2. The Kier molecular flexibility index (Phi) is 6.65. The highest BCUT2D eigenvalue weighted by molar-refractivity contribution is 5.84. The first-order valence-electron chi connectivity index (χ1n) is 10.9. The van der Waals surface area contributed by atoms with Gasteiger partial charge in [-0.25, -0.2) is 0 Å².